The molecular weight excluding hydrogens is 500 g/mol. The number of nitrogens with one attached hydrogen (secondary N) is 1. The number of nitrogens with zero attached hydrogens (tertiary/aromatic N) is 2. The zero-order valence-corrected chi connectivity index (χ0v) is 21.9. The first-order chi connectivity index (χ1) is 18.4. The first kappa shape index (κ1) is 26.8. The fraction of sp³-hybridized carbons (Fsp3) is 0.172. The van der Waals surface area contributed by atoms with E-state index >= 15 is 0 Å². The number of aryl methyl sites for hydroxylation is 1. The minimum atomic E-state index is -0.381. The number of carbonyl (C=O) groups is 2. The first-order valence-electron chi connectivity index (χ1n) is 12.0. The van der Waals surface area contributed by atoms with Gasteiger partial charge in [0.1, 0.15) is 23.1 Å². The molecular formula is C29H28N4O4S. The Morgan fingerprint density at radius 2 is 1.74 bits per heavy atom. The van der Waals surface area contributed by atoms with Crippen molar-refractivity contribution in [2.75, 3.05) is 12.3 Å². The van der Waals surface area contributed by atoms with Gasteiger partial charge in [0.25, 0.3) is 0 Å². The number of benzene rings is 3. The summed E-state index contributed by atoms with van der Waals surface area (Å²) in [6.45, 7) is 3.27. The van der Waals surface area contributed by atoms with Crippen molar-refractivity contribution in [3.63, 3.8) is 0 Å². The van der Waals surface area contributed by atoms with Crippen LogP contribution in [0, 0.1) is 6.92 Å². The molecule has 0 aliphatic heterocycles. The molecule has 194 valence electrons. The lowest BCUT2D eigenvalue weighted by molar-refractivity contribution is -0.117. The van der Waals surface area contributed by atoms with Gasteiger partial charge in [0.2, 0.25) is 11.0 Å². The van der Waals surface area contributed by atoms with Crippen LogP contribution >= 0.6 is 11.8 Å². The molecule has 0 radical (unpaired) electrons. The third-order valence-corrected chi connectivity index (χ3v) is 7.01. The molecule has 38 heavy (non-hydrogen) atoms. The molecule has 4 N–H and O–H groups in total. The highest BCUT2D eigenvalue weighted by Crippen LogP contribution is 2.35. The van der Waals surface area contributed by atoms with Crippen molar-refractivity contribution in [1.29, 1.82) is 0 Å². The summed E-state index contributed by atoms with van der Waals surface area (Å²) in [6, 6.07) is 20.6. The van der Waals surface area contributed by atoms with E-state index in [1.54, 1.807) is 44.3 Å². The second kappa shape index (κ2) is 12.4. The summed E-state index contributed by atoms with van der Waals surface area (Å²) < 4.78 is 6.20. The molecule has 0 aliphatic carbocycles. The Kier molecular flexibility index (Phi) is 8.73. The summed E-state index contributed by atoms with van der Waals surface area (Å²) in [5.74, 6) is 1.49. The van der Waals surface area contributed by atoms with E-state index < -0.39 is 0 Å². The summed E-state index contributed by atoms with van der Waals surface area (Å²) in [7, 11) is 0. The Morgan fingerprint density at radius 1 is 1.03 bits per heavy atom. The van der Waals surface area contributed by atoms with Gasteiger partial charge >= 0.3 is 0 Å². The highest BCUT2D eigenvalue weighted by atomic mass is 32.2. The average molecular weight is 529 g/mol. The number of hydrogen-bond acceptors (Lipinski definition) is 8. The fourth-order valence-corrected chi connectivity index (χ4v) is 4.74. The van der Waals surface area contributed by atoms with Crippen LogP contribution < -0.4 is 15.8 Å². The lowest BCUT2D eigenvalue weighted by Gasteiger charge is -2.14. The van der Waals surface area contributed by atoms with Crippen LogP contribution in [-0.2, 0) is 11.3 Å². The van der Waals surface area contributed by atoms with Crippen molar-refractivity contribution in [3.8, 4) is 11.5 Å². The number of aliphatic hydroxyl groups is 1. The molecule has 4 aromatic rings. The van der Waals surface area contributed by atoms with Gasteiger partial charge < -0.3 is 20.9 Å². The van der Waals surface area contributed by atoms with Crippen molar-refractivity contribution in [2.45, 2.75) is 26.8 Å². The fourth-order valence-electron chi connectivity index (χ4n) is 3.79. The number of para-hydroxylation sites is 1. The number of aliphatic hydroxyl groups excluding tert-OH is 1. The Balaban J connectivity index is 1.53. The monoisotopic (exact) mass is 528 g/mol. The van der Waals surface area contributed by atoms with Crippen molar-refractivity contribution in [1.82, 2.24) is 15.3 Å². The predicted octanol–water partition coefficient (Wildman–Crippen LogP) is 5.16. The van der Waals surface area contributed by atoms with Crippen LogP contribution in [0.2, 0.25) is 0 Å². The van der Waals surface area contributed by atoms with Crippen molar-refractivity contribution < 1.29 is 19.4 Å². The van der Waals surface area contributed by atoms with Gasteiger partial charge in [0.05, 0.1) is 5.56 Å². The third kappa shape index (κ3) is 6.37. The lowest BCUT2D eigenvalue weighted by atomic mass is 10.1. The SMILES string of the molecule is C/C(C(=O)NCc1cnc(C)nc1N)=C(\CCO)SC(=O)c1ccccc1Oc1cccc2ccccc12. The van der Waals surface area contributed by atoms with Crippen molar-refractivity contribution in [2.24, 2.45) is 0 Å². The average Bonchev–Trinajstić information content (AvgIpc) is 2.92. The highest BCUT2D eigenvalue weighted by molar-refractivity contribution is 8.17. The Bertz CT molecular complexity index is 1510. The van der Waals surface area contributed by atoms with E-state index in [1.165, 1.54) is 0 Å². The van der Waals surface area contributed by atoms with Crippen LogP contribution in [0.5, 0.6) is 11.5 Å². The first-order valence-corrected chi connectivity index (χ1v) is 12.8. The molecule has 9 heteroatoms. The van der Waals surface area contributed by atoms with Gasteiger partial charge in [0.15, 0.2) is 0 Å². The maximum absolute atomic E-state index is 13.4. The van der Waals surface area contributed by atoms with Gasteiger partial charge in [-0.15, -0.1) is 0 Å². The van der Waals surface area contributed by atoms with E-state index in [4.69, 9.17) is 10.5 Å². The van der Waals surface area contributed by atoms with E-state index in [-0.39, 0.29) is 30.6 Å². The molecule has 0 bridgehead atoms. The molecule has 1 amide bonds. The Hall–Kier alpha value is -4.21. The highest BCUT2D eigenvalue weighted by Gasteiger charge is 2.20. The minimum absolute atomic E-state index is 0.134. The van der Waals surface area contributed by atoms with Gasteiger partial charge in [-0.05, 0) is 37.4 Å². The van der Waals surface area contributed by atoms with Gasteiger partial charge in [-0.3, -0.25) is 9.59 Å². The second-order valence-electron chi connectivity index (χ2n) is 8.50. The van der Waals surface area contributed by atoms with E-state index in [1.807, 2.05) is 42.5 Å². The topological polar surface area (TPSA) is 127 Å². The number of amides is 1. The van der Waals surface area contributed by atoms with Crippen LogP contribution in [0.25, 0.3) is 10.8 Å². The van der Waals surface area contributed by atoms with Crippen LogP contribution in [0.15, 0.2) is 83.4 Å². The van der Waals surface area contributed by atoms with Gasteiger partial charge in [-0.25, -0.2) is 9.97 Å². The molecule has 4 rings (SSSR count). The van der Waals surface area contributed by atoms with Gasteiger partial charge in [-0.1, -0.05) is 60.3 Å². The maximum Gasteiger partial charge on any atom is 0.247 e. The number of ether oxygens (including phenoxy) is 1. The summed E-state index contributed by atoms with van der Waals surface area (Å²) >= 11 is 0.904. The summed E-state index contributed by atoms with van der Waals surface area (Å²) in [5.41, 5.74) is 7.19. The maximum atomic E-state index is 13.4. The summed E-state index contributed by atoms with van der Waals surface area (Å²) in [6.07, 6.45) is 1.72. The number of thioether (sulfide) groups is 1. The molecule has 1 aromatic heterocycles. The number of rotatable bonds is 9. The van der Waals surface area contributed by atoms with Gasteiger partial charge in [-0.2, -0.15) is 0 Å². The largest absolute Gasteiger partial charge is 0.456 e. The van der Waals surface area contributed by atoms with Crippen LogP contribution in [0.4, 0.5) is 5.82 Å². The van der Waals surface area contributed by atoms with E-state index in [2.05, 4.69) is 15.3 Å². The summed E-state index contributed by atoms with van der Waals surface area (Å²) in [4.78, 5) is 34.9. The molecule has 0 aliphatic rings. The molecule has 8 nitrogen and oxygen atoms in total. The molecule has 0 saturated heterocycles. The zero-order valence-electron chi connectivity index (χ0n) is 21.1. The minimum Gasteiger partial charge on any atom is -0.456 e. The Morgan fingerprint density at radius 3 is 2.53 bits per heavy atom. The molecule has 0 unspecified atom stereocenters. The number of aromatic nitrogens is 2. The predicted molar refractivity (Wildman–Crippen MR) is 150 cm³/mol. The number of fused-ring (bicyclic) bond motifs is 1. The molecule has 3 aromatic carbocycles. The number of carbonyl (C=O) groups excluding carboxylic acids is 2. The number of hydrogen-bond donors (Lipinski definition) is 3. The molecule has 0 fully saturated rings. The van der Waals surface area contributed by atoms with Gasteiger partial charge in [0, 0.05) is 47.2 Å². The van der Waals surface area contributed by atoms with Crippen molar-refractivity contribution >= 4 is 39.4 Å². The summed E-state index contributed by atoms with van der Waals surface area (Å²) in [5, 5.41) is 14.1. The second-order valence-corrected chi connectivity index (χ2v) is 9.56. The number of nitrogens with two attached hydrogens (primary N) is 1. The quantitative estimate of drug-likeness (QED) is 0.254. The van der Waals surface area contributed by atoms with E-state index in [0.717, 1.165) is 22.5 Å². The smallest absolute Gasteiger partial charge is 0.247 e. The lowest BCUT2D eigenvalue weighted by Crippen LogP contribution is -2.25. The zero-order chi connectivity index (χ0) is 27.1. The van der Waals surface area contributed by atoms with Crippen LogP contribution in [-0.4, -0.2) is 32.7 Å². The van der Waals surface area contributed by atoms with E-state index in [9.17, 15) is 14.7 Å². The molecule has 0 atom stereocenters. The van der Waals surface area contributed by atoms with Crippen LogP contribution in [0.3, 0.4) is 0 Å². The molecule has 1 heterocycles. The molecule has 0 spiro atoms. The number of anilines is 1. The normalized spacial score (nSPS) is 11.7. The Labute approximate surface area is 225 Å². The third-order valence-electron chi connectivity index (χ3n) is 5.85. The van der Waals surface area contributed by atoms with Crippen molar-refractivity contribution in [3.05, 3.63) is 100 Å². The standard InChI is InChI=1S/C29H28N4O4S/c1-18(28(35)32-17-21-16-31-19(2)33-27(21)30)26(14-15-34)38-29(36)23-11-5-6-12-25(23)37-24-13-7-9-20-8-3-4-10-22(20)24/h3-13,16,34H,14-15,17H2,1-2H3,(H,32,35)(H2,30,31,33)/b26-18-. The van der Waals surface area contributed by atoms with Crippen LogP contribution in [0.1, 0.15) is 35.1 Å². The molecule has 0 saturated carbocycles. The number of nitrogen functional groups attached to an aromatic ring is 1. The van der Waals surface area contributed by atoms with E-state index in [0.29, 0.717) is 44.7 Å².